The van der Waals surface area contributed by atoms with E-state index >= 15 is 0 Å². The summed E-state index contributed by atoms with van der Waals surface area (Å²) in [5.41, 5.74) is 15.1. The van der Waals surface area contributed by atoms with Crippen molar-refractivity contribution in [2.24, 2.45) is 0 Å². The molecule has 250 valence electrons. The molecule has 0 atom stereocenters. The Balaban J connectivity index is 1.11. The molecule has 0 aliphatic heterocycles. The molecule has 0 amide bonds. The second-order valence-corrected chi connectivity index (χ2v) is 14.6. The van der Waals surface area contributed by atoms with Crippen LogP contribution in [-0.4, -0.2) is 9.97 Å². The van der Waals surface area contributed by atoms with Gasteiger partial charge in [-0.05, 0) is 90.3 Å². The summed E-state index contributed by atoms with van der Waals surface area (Å²) in [6, 6.07) is 65.5. The number of fused-ring (bicyclic) bond motifs is 5. The lowest BCUT2D eigenvalue weighted by Crippen LogP contribution is -2.14. The molecule has 0 spiro atoms. The first-order valence-corrected chi connectivity index (χ1v) is 18.3. The van der Waals surface area contributed by atoms with Crippen LogP contribution in [0.2, 0.25) is 0 Å². The Morgan fingerprint density at radius 1 is 0.340 bits per heavy atom. The Kier molecular flexibility index (Phi) is 7.19. The van der Waals surface area contributed by atoms with E-state index in [2.05, 4.69) is 178 Å². The fourth-order valence-corrected chi connectivity index (χ4v) is 8.32. The van der Waals surface area contributed by atoms with Gasteiger partial charge in [0, 0.05) is 22.1 Å². The van der Waals surface area contributed by atoms with Crippen molar-refractivity contribution in [3.63, 3.8) is 0 Å². The van der Waals surface area contributed by atoms with Crippen LogP contribution in [0.4, 0.5) is 0 Å². The second kappa shape index (κ2) is 12.3. The number of nitrogens with zero attached hydrogens (tertiary/aromatic N) is 2. The summed E-state index contributed by atoms with van der Waals surface area (Å²) in [6.07, 6.45) is 0. The van der Waals surface area contributed by atoms with Crippen LogP contribution in [0.3, 0.4) is 0 Å². The van der Waals surface area contributed by atoms with E-state index in [0.717, 1.165) is 33.6 Å². The molecular weight excluding hydrogens is 641 g/mol. The van der Waals surface area contributed by atoms with E-state index in [1.165, 1.54) is 60.5 Å². The van der Waals surface area contributed by atoms with Gasteiger partial charge in [0.2, 0.25) is 0 Å². The summed E-state index contributed by atoms with van der Waals surface area (Å²) in [5, 5.41) is 4.85. The Morgan fingerprint density at radius 3 is 1.81 bits per heavy atom. The summed E-state index contributed by atoms with van der Waals surface area (Å²) in [5.74, 6) is 0.711. The molecule has 0 N–H and O–H groups in total. The number of hydrogen-bond donors (Lipinski definition) is 0. The van der Waals surface area contributed by atoms with E-state index in [1.807, 2.05) is 18.2 Å². The highest BCUT2D eigenvalue weighted by molar-refractivity contribution is 6.05. The SMILES string of the molecule is CC1(C)c2ccccc2-c2ccc(-c3ccc(-c4cc(-c5cccc(-c6ccc7ccccc7c6)c5)nc(-c5ccccc5)n4)c4ccccc34)cc21. The lowest BCUT2D eigenvalue weighted by Gasteiger charge is -2.22. The highest BCUT2D eigenvalue weighted by Gasteiger charge is 2.35. The third-order valence-electron chi connectivity index (χ3n) is 11.1. The topological polar surface area (TPSA) is 25.8 Å². The Bertz CT molecular complexity index is 2870. The maximum atomic E-state index is 5.24. The number of aromatic nitrogens is 2. The van der Waals surface area contributed by atoms with Crippen molar-refractivity contribution in [1.82, 2.24) is 9.97 Å². The molecule has 53 heavy (non-hydrogen) atoms. The van der Waals surface area contributed by atoms with Crippen molar-refractivity contribution in [2.75, 3.05) is 0 Å². The molecule has 1 heterocycles. The molecular formula is C51H36N2. The standard InChI is InChI=1S/C51H36N2/c1-51(2)46-22-11-10-21-43(46)44-26-25-38(31-47(44)51)40-27-28-45(42-20-9-8-19-41(40)42)49-32-48(52-50(53-49)34-14-4-3-5-15-34)39-18-12-17-36(30-39)37-24-23-33-13-6-7-16-35(33)29-37/h3-32H,1-2H3. The van der Waals surface area contributed by atoms with Crippen molar-refractivity contribution < 1.29 is 0 Å². The Morgan fingerprint density at radius 2 is 0.943 bits per heavy atom. The molecule has 2 nitrogen and oxygen atoms in total. The maximum absolute atomic E-state index is 5.24. The summed E-state index contributed by atoms with van der Waals surface area (Å²) >= 11 is 0. The molecule has 8 aromatic carbocycles. The van der Waals surface area contributed by atoms with Gasteiger partial charge in [0.15, 0.2) is 5.82 Å². The average Bonchev–Trinajstić information content (AvgIpc) is 3.45. The molecule has 0 unspecified atom stereocenters. The maximum Gasteiger partial charge on any atom is 0.160 e. The van der Waals surface area contributed by atoms with Gasteiger partial charge in [-0.2, -0.15) is 0 Å². The van der Waals surface area contributed by atoms with Crippen LogP contribution >= 0.6 is 0 Å². The fourth-order valence-electron chi connectivity index (χ4n) is 8.32. The van der Waals surface area contributed by atoms with E-state index in [-0.39, 0.29) is 5.41 Å². The Labute approximate surface area is 310 Å². The smallest absolute Gasteiger partial charge is 0.160 e. The molecule has 1 aliphatic carbocycles. The van der Waals surface area contributed by atoms with Crippen LogP contribution < -0.4 is 0 Å². The van der Waals surface area contributed by atoms with Gasteiger partial charge in [-0.3, -0.25) is 0 Å². The monoisotopic (exact) mass is 676 g/mol. The predicted octanol–water partition coefficient (Wildman–Crippen LogP) is 13.4. The van der Waals surface area contributed by atoms with E-state index in [9.17, 15) is 0 Å². The molecule has 0 saturated carbocycles. The summed E-state index contributed by atoms with van der Waals surface area (Å²) in [6.45, 7) is 4.69. The van der Waals surface area contributed by atoms with Crippen LogP contribution in [0.25, 0.3) is 88.8 Å². The van der Waals surface area contributed by atoms with Crippen molar-refractivity contribution >= 4 is 21.5 Å². The number of benzene rings is 8. The van der Waals surface area contributed by atoms with E-state index < -0.39 is 0 Å². The first-order chi connectivity index (χ1) is 26.0. The van der Waals surface area contributed by atoms with E-state index in [1.54, 1.807) is 0 Å². The van der Waals surface area contributed by atoms with Crippen LogP contribution in [0.1, 0.15) is 25.0 Å². The van der Waals surface area contributed by atoms with Crippen molar-refractivity contribution in [3.8, 4) is 67.3 Å². The molecule has 0 radical (unpaired) electrons. The quantitative estimate of drug-likeness (QED) is 0.181. The largest absolute Gasteiger partial charge is 0.228 e. The zero-order chi connectivity index (χ0) is 35.5. The summed E-state index contributed by atoms with van der Waals surface area (Å²) < 4.78 is 0. The van der Waals surface area contributed by atoms with Gasteiger partial charge in [-0.25, -0.2) is 9.97 Å². The van der Waals surface area contributed by atoms with Gasteiger partial charge in [0.25, 0.3) is 0 Å². The molecule has 10 rings (SSSR count). The van der Waals surface area contributed by atoms with E-state index in [0.29, 0.717) is 5.82 Å². The predicted molar refractivity (Wildman–Crippen MR) is 222 cm³/mol. The number of hydrogen-bond acceptors (Lipinski definition) is 2. The Hall–Kier alpha value is -6.64. The molecule has 2 heteroatoms. The van der Waals surface area contributed by atoms with Crippen LogP contribution in [-0.2, 0) is 5.41 Å². The van der Waals surface area contributed by atoms with Crippen molar-refractivity contribution in [2.45, 2.75) is 19.3 Å². The number of rotatable bonds is 5. The minimum absolute atomic E-state index is 0.0610. The van der Waals surface area contributed by atoms with Crippen LogP contribution in [0.5, 0.6) is 0 Å². The third-order valence-corrected chi connectivity index (χ3v) is 11.1. The molecule has 1 aliphatic rings. The first kappa shape index (κ1) is 31.1. The third kappa shape index (κ3) is 5.26. The minimum Gasteiger partial charge on any atom is -0.228 e. The highest BCUT2D eigenvalue weighted by Crippen LogP contribution is 2.50. The fraction of sp³-hybridized carbons (Fsp3) is 0.0588. The van der Waals surface area contributed by atoms with Gasteiger partial charge in [-0.1, -0.05) is 172 Å². The summed E-state index contributed by atoms with van der Waals surface area (Å²) in [4.78, 5) is 10.4. The van der Waals surface area contributed by atoms with Gasteiger partial charge >= 0.3 is 0 Å². The van der Waals surface area contributed by atoms with Gasteiger partial charge in [0.05, 0.1) is 11.4 Å². The van der Waals surface area contributed by atoms with Crippen molar-refractivity contribution in [1.29, 1.82) is 0 Å². The van der Waals surface area contributed by atoms with Crippen LogP contribution in [0.15, 0.2) is 182 Å². The highest BCUT2D eigenvalue weighted by atomic mass is 14.9. The van der Waals surface area contributed by atoms with Crippen LogP contribution in [0, 0.1) is 0 Å². The normalized spacial score (nSPS) is 12.9. The van der Waals surface area contributed by atoms with Gasteiger partial charge in [-0.15, -0.1) is 0 Å². The molecule has 0 bridgehead atoms. The average molecular weight is 677 g/mol. The molecule has 0 fully saturated rings. The first-order valence-electron chi connectivity index (χ1n) is 18.3. The molecule has 1 aromatic heterocycles. The van der Waals surface area contributed by atoms with Gasteiger partial charge in [0.1, 0.15) is 0 Å². The zero-order valence-electron chi connectivity index (χ0n) is 29.7. The summed E-state index contributed by atoms with van der Waals surface area (Å²) in [7, 11) is 0. The van der Waals surface area contributed by atoms with E-state index in [4.69, 9.17) is 9.97 Å². The zero-order valence-corrected chi connectivity index (χ0v) is 29.7. The van der Waals surface area contributed by atoms with Crippen molar-refractivity contribution in [3.05, 3.63) is 193 Å². The second-order valence-electron chi connectivity index (χ2n) is 14.6. The molecule has 9 aromatic rings. The molecule has 0 saturated heterocycles. The lowest BCUT2D eigenvalue weighted by molar-refractivity contribution is 0.660. The minimum atomic E-state index is -0.0610. The lowest BCUT2D eigenvalue weighted by atomic mass is 9.81. The van der Waals surface area contributed by atoms with Gasteiger partial charge < -0.3 is 0 Å².